The Balaban J connectivity index is 1.93. The third-order valence-electron chi connectivity index (χ3n) is 3.49. The lowest BCUT2D eigenvalue weighted by Crippen LogP contribution is -2.54. The van der Waals surface area contributed by atoms with E-state index in [2.05, 4.69) is 21.8 Å². The van der Waals surface area contributed by atoms with Crippen molar-refractivity contribution in [3.8, 4) is 0 Å². The van der Waals surface area contributed by atoms with E-state index in [4.69, 9.17) is 16.3 Å². The third kappa shape index (κ3) is 4.55. The van der Waals surface area contributed by atoms with Crippen LogP contribution in [0.15, 0.2) is 12.4 Å². The van der Waals surface area contributed by atoms with Gasteiger partial charge in [0.25, 0.3) is 0 Å². The van der Waals surface area contributed by atoms with E-state index in [0.717, 1.165) is 12.2 Å². The standard InChI is InChI=1S/C15H23ClN4O2/c1-11-9-20(14(21)22-15(2,3)4)8-7-19(11)10-12-13(16)18-6-5-17-12/h5-6,11H,7-10H2,1-4H3/t11-/m1/s1. The predicted molar refractivity (Wildman–Crippen MR) is 84.7 cm³/mol. The summed E-state index contributed by atoms with van der Waals surface area (Å²) in [5.74, 6) is 0. The van der Waals surface area contributed by atoms with Crippen LogP contribution in [0.4, 0.5) is 4.79 Å². The lowest BCUT2D eigenvalue weighted by atomic mass is 10.2. The SMILES string of the molecule is C[C@@H]1CN(C(=O)OC(C)(C)C)CCN1Cc1nccnc1Cl. The van der Waals surface area contributed by atoms with Gasteiger partial charge in [0.1, 0.15) is 5.60 Å². The second-order valence-corrected chi connectivity index (χ2v) is 6.90. The molecular weight excluding hydrogens is 304 g/mol. The maximum atomic E-state index is 12.1. The second kappa shape index (κ2) is 6.79. The molecule has 0 radical (unpaired) electrons. The number of halogens is 1. The minimum Gasteiger partial charge on any atom is -0.444 e. The van der Waals surface area contributed by atoms with Gasteiger partial charge in [0, 0.05) is 44.6 Å². The predicted octanol–water partition coefficient (Wildman–Crippen LogP) is 2.57. The quantitative estimate of drug-likeness (QED) is 0.836. The molecule has 2 heterocycles. The highest BCUT2D eigenvalue weighted by Gasteiger charge is 2.30. The zero-order valence-corrected chi connectivity index (χ0v) is 14.3. The molecule has 0 saturated carbocycles. The summed E-state index contributed by atoms with van der Waals surface area (Å²) in [5.41, 5.74) is 0.298. The molecule has 0 bridgehead atoms. The van der Waals surface area contributed by atoms with Gasteiger partial charge >= 0.3 is 6.09 Å². The Labute approximate surface area is 136 Å². The molecule has 1 aromatic rings. The lowest BCUT2D eigenvalue weighted by molar-refractivity contribution is 0.00443. The molecular formula is C15H23ClN4O2. The minimum absolute atomic E-state index is 0.208. The van der Waals surface area contributed by atoms with Crippen molar-refractivity contribution in [1.29, 1.82) is 0 Å². The molecule has 122 valence electrons. The zero-order valence-electron chi connectivity index (χ0n) is 13.5. The molecule has 0 N–H and O–H groups in total. The average molecular weight is 327 g/mol. The summed E-state index contributed by atoms with van der Waals surface area (Å²) in [4.78, 5) is 24.4. The average Bonchev–Trinajstić information content (AvgIpc) is 2.41. The third-order valence-corrected chi connectivity index (χ3v) is 3.81. The number of carbonyl (C=O) groups is 1. The molecule has 22 heavy (non-hydrogen) atoms. The van der Waals surface area contributed by atoms with Gasteiger partial charge < -0.3 is 9.64 Å². The number of hydrogen-bond acceptors (Lipinski definition) is 5. The first-order valence-corrected chi connectivity index (χ1v) is 7.81. The van der Waals surface area contributed by atoms with E-state index >= 15 is 0 Å². The van der Waals surface area contributed by atoms with Gasteiger partial charge in [0.15, 0.2) is 5.15 Å². The first-order chi connectivity index (χ1) is 10.3. The van der Waals surface area contributed by atoms with Crippen molar-refractivity contribution < 1.29 is 9.53 Å². The van der Waals surface area contributed by atoms with Gasteiger partial charge in [-0.1, -0.05) is 11.6 Å². The number of amides is 1. The highest BCUT2D eigenvalue weighted by Crippen LogP contribution is 2.18. The summed E-state index contributed by atoms with van der Waals surface area (Å²) in [6.45, 7) is 10.4. The van der Waals surface area contributed by atoms with Crippen LogP contribution < -0.4 is 0 Å². The normalized spacial score (nSPS) is 20.0. The second-order valence-electron chi connectivity index (χ2n) is 6.54. The molecule has 0 unspecified atom stereocenters. The van der Waals surface area contributed by atoms with Crippen LogP contribution in [0.3, 0.4) is 0 Å². The molecule has 1 aliphatic heterocycles. The summed E-state index contributed by atoms with van der Waals surface area (Å²) < 4.78 is 5.42. The van der Waals surface area contributed by atoms with Crippen molar-refractivity contribution in [3.63, 3.8) is 0 Å². The number of piperazine rings is 1. The highest BCUT2D eigenvalue weighted by molar-refractivity contribution is 6.29. The maximum absolute atomic E-state index is 12.1. The number of ether oxygens (including phenoxy) is 1. The van der Waals surface area contributed by atoms with E-state index in [0.29, 0.717) is 24.8 Å². The van der Waals surface area contributed by atoms with Gasteiger partial charge in [-0.15, -0.1) is 0 Å². The Hall–Kier alpha value is -1.40. The summed E-state index contributed by atoms with van der Waals surface area (Å²) in [6.07, 6.45) is 2.97. The molecule has 1 atom stereocenters. The number of aromatic nitrogens is 2. The summed E-state index contributed by atoms with van der Waals surface area (Å²) in [6, 6.07) is 0.208. The fraction of sp³-hybridized carbons (Fsp3) is 0.667. The Bertz CT molecular complexity index is 533. The first-order valence-electron chi connectivity index (χ1n) is 7.43. The molecule has 1 saturated heterocycles. The molecule has 1 fully saturated rings. The highest BCUT2D eigenvalue weighted by atomic mass is 35.5. The van der Waals surface area contributed by atoms with E-state index in [1.165, 1.54) is 0 Å². The Morgan fingerprint density at radius 3 is 2.64 bits per heavy atom. The van der Waals surface area contributed by atoms with E-state index in [1.807, 2.05) is 20.8 Å². The van der Waals surface area contributed by atoms with E-state index in [1.54, 1.807) is 17.3 Å². The van der Waals surface area contributed by atoms with E-state index < -0.39 is 5.60 Å². The van der Waals surface area contributed by atoms with Crippen LogP contribution in [0.2, 0.25) is 5.15 Å². The van der Waals surface area contributed by atoms with Gasteiger partial charge in [-0.25, -0.2) is 9.78 Å². The van der Waals surface area contributed by atoms with Crippen molar-refractivity contribution in [2.45, 2.75) is 45.9 Å². The maximum Gasteiger partial charge on any atom is 0.410 e. The monoisotopic (exact) mass is 326 g/mol. The molecule has 0 aliphatic carbocycles. The van der Waals surface area contributed by atoms with Crippen LogP contribution in [-0.2, 0) is 11.3 Å². The number of nitrogens with zero attached hydrogens (tertiary/aromatic N) is 4. The van der Waals surface area contributed by atoms with Crippen molar-refractivity contribution in [3.05, 3.63) is 23.2 Å². The van der Waals surface area contributed by atoms with Crippen LogP contribution in [-0.4, -0.2) is 57.1 Å². The summed E-state index contributed by atoms with van der Waals surface area (Å²) in [7, 11) is 0. The van der Waals surface area contributed by atoms with Crippen molar-refractivity contribution in [2.24, 2.45) is 0 Å². The lowest BCUT2D eigenvalue weighted by Gasteiger charge is -2.40. The fourth-order valence-corrected chi connectivity index (χ4v) is 2.54. The Morgan fingerprint density at radius 1 is 1.36 bits per heavy atom. The Kier molecular flexibility index (Phi) is 5.24. The van der Waals surface area contributed by atoms with Gasteiger partial charge in [-0.05, 0) is 27.7 Å². The van der Waals surface area contributed by atoms with Gasteiger partial charge in [-0.2, -0.15) is 0 Å². The van der Waals surface area contributed by atoms with Crippen molar-refractivity contribution in [1.82, 2.24) is 19.8 Å². The number of hydrogen-bond donors (Lipinski definition) is 0. The van der Waals surface area contributed by atoms with Crippen LogP contribution in [0.25, 0.3) is 0 Å². The summed E-state index contributed by atoms with van der Waals surface area (Å²) >= 11 is 6.06. The van der Waals surface area contributed by atoms with Crippen molar-refractivity contribution >= 4 is 17.7 Å². The first kappa shape index (κ1) is 17.0. The zero-order chi connectivity index (χ0) is 16.3. The largest absolute Gasteiger partial charge is 0.444 e. The minimum atomic E-state index is -0.468. The molecule has 0 spiro atoms. The van der Waals surface area contributed by atoms with Crippen molar-refractivity contribution in [2.75, 3.05) is 19.6 Å². The van der Waals surface area contributed by atoms with Crippen LogP contribution in [0, 0.1) is 0 Å². The molecule has 6 nitrogen and oxygen atoms in total. The van der Waals surface area contributed by atoms with Gasteiger partial charge in [0.05, 0.1) is 5.69 Å². The van der Waals surface area contributed by atoms with Crippen LogP contribution in [0.1, 0.15) is 33.4 Å². The summed E-state index contributed by atoms with van der Waals surface area (Å²) in [5, 5.41) is 0.435. The molecule has 7 heteroatoms. The molecule has 0 aromatic carbocycles. The van der Waals surface area contributed by atoms with Gasteiger partial charge in [0.2, 0.25) is 0 Å². The van der Waals surface area contributed by atoms with Gasteiger partial charge in [-0.3, -0.25) is 9.88 Å². The molecule has 1 amide bonds. The molecule has 2 rings (SSSR count). The number of carbonyl (C=O) groups excluding carboxylic acids is 1. The smallest absolute Gasteiger partial charge is 0.410 e. The van der Waals surface area contributed by atoms with Crippen LogP contribution in [0.5, 0.6) is 0 Å². The number of rotatable bonds is 2. The van der Waals surface area contributed by atoms with E-state index in [9.17, 15) is 4.79 Å². The van der Waals surface area contributed by atoms with Crippen LogP contribution >= 0.6 is 11.6 Å². The Morgan fingerprint density at radius 2 is 2.05 bits per heavy atom. The molecule has 1 aromatic heterocycles. The molecule has 1 aliphatic rings. The van der Waals surface area contributed by atoms with E-state index in [-0.39, 0.29) is 12.1 Å². The fourth-order valence-electron chi connectivity index (χ4n) is 2.37. The topological polar surface area (TPSA) is 58.6 Å².